The first-order valence-corrected chi connectivity index (χ1v) is 29.4. The predicted molar refractivity (Wildman–Crippen MR) is 358 cm³/mol. The lowest BCUT2D eigenvalue weighted by atomic mass is 9.66. The van der Waals surface area contributed by atoms with Crippen LogP contribution in [0.25, 0.3) is 122 Å². The van der Waals surface area contributed by atoms with Gasteiger partial charge in [0, 0.05) is 0 Å². The molecule has 0 unspecified atom stereocenters. The molecule has 398 valence electrons. The zero-order valence-corrected chi connectivity index (χ0v) is 47.0. The van der Waals surface area contributed by atoms with E-state index in [0.717, 1.165) is 44.5 Å². The molecule has 0 radical (unpaired) electrons. The maximum absolute atomic E-state index is 2.52. The summed E-state index contributed by atoms with van der Waals surface area (Å²) in [7, 11) is 0. The largest absolute Gasteiger partial charge is 0.0714 e. The molecule has 85 heavy (non-hydrogen) atoms. The van der Waals surface area contributed by atoms with Gasteiger partial charge in [-0.15, -0.1) is 0 Å². The van der Waals surface area contributed by atoms with Gasteiger partial charge in [-0.1, -0.05) is 267 Å². The minimum absolute atomic E-state index is 0.810. The third kappa shape index (κ3) is 9.70. The van der Waals surface area contributed by atoms with Crippen LogP contribution in [0.5, 0.6) is 0 Å². The number of hydrogen-bond donors (Lipinski definition) is 0. The van der Waals surface area contributed by atoms with Gasteiger partial charge in [-0.25, -0.2) is 0 Å². The van der Waals surface area contributed by atoms with Gasteiger partial charge in [-0.05, 0) is 230 Å². The second-order valence-corrected chi connectivity index (χ2v) is 22.4. The highest BCUT2D eigenvalue weighted by Crippen LogP contribution is 2.58. The van der Waals surface area contributed by atoms with Crippen LogP contribution in [-0.4, -0.2) is 0 Å². The molecule has 1 aliphatic rings. The van der Waals surface area contributed by atoms with Gasteiger partial charge in [-0.2, -0.15) is 0 Å². The Morgan fingerprint density at radius 1 is 0.129 bits per heavy atom. The topological polar surface area (TPSA) is 0 Å². The van der Waals surface area contributed by atoms with Crippen molar-refractivity contribution in [2.75, 3.05) is 0 Å². The Labute approximate surface area is 499 Å². The quantitative estimate of drug-likeness (QED) is 0.114. The third-order valence-corrected chi connectivity index (χ3v) is 17.3. The summed E-state index contributed by atoms with van der Waals surface area (Å²) in [5.74, 6) is 0. The van der Waals surface area contributed by atoms with E-state index >= 15 is 0 Å². The Balaban J connectivity index is 1.05. The molecule has 0 atom stereocenters. The van der Waals surface area contributed by atoms with Gasteiger partial charge in [0.1, 0.15) is 0 Å². The molecule has 0 amide bonds. The normalized spacial score (nSPS) is 12.1. The number of benzene rings is 14. The van der Waals surface area contributed by atoms with Crippen molar-refractivity contribution in [2.45, 2.75) is 5.41 Å². The van der Waals surface area contributed by atoms with Crippen molar-refractivity contribution in [3.8, 4) is 122 Å². The molecular weight excluding hydrogens is 1020 g/mol. The molecule has 0 N–H and O–H groups in total. The van der Waals surface area contributed by atoms with Gasteiger partial charge in [0.05, 0.1) is 5.41 Å². The van der Waals surface area contributed by atoms with Crippen molar-refractivity contribution in [1.29, 1.82) is 0 Å². The highest BCUT2D eigenvalue weighted by atomic mass is 14.5. The minimum atomic E-state index is -0.810. The molecule has 0 nitrogen and oxygen atoms in total. The van der Waals surface area contributed by atoms with Gasteiger partial charge in [-0.3, -0.25) is 0 Å². The summed E-state index contributed by atoms with van der Waals surface area (Å²) in [6, 6.07) is 131. The molecule has 14 aromatic carbocycles. The smallest absolute Gasteiger partial charge is 0.0622 e. The van der Waals surface area contributed by atoms with Gasteiger partial charge in [0.25, 0.3) is 0 Å². The van der Waals surface area contributed by atoms with E-state index in [1.165, 1.54) is 100 Å². The number of rotatable bonds is 12. The lowest BCUT2D eigenvalue weighted by Crippen LogP contribution is -2.29. The SMILES string of the molecule is c1ccc(-c2cccc(-c3cc(-c4cc(-c5ccccc5)cc(-c5ccccc5)c4)cc(C4(c5cc(-c6cccc(-c7ccccc7)c6)cc(-c6cc(-c7ccccc7)cc(-c7ccccc7)c6)c5)c5ccccc5-c5ccccc54)c3)c2)cc1. The summed E-state index contributed by atoms with van der Waals surface area (Å²) in [5, 5.41) is 0. The maximum atomic E-state index is 2.52. The molecule has 0 aliphatic heterocycles. The van der Waals surface area contributed by atoms with E-state index in [9.17, 15) is 0 Å². The first-order chi connectivity index (χ1) is 42.1. The van der Waals surface area contributed by atoms with Crippen molar-refractivity contribution < 1.29 is 0 Å². The standard InChI is InChI=1S/C85H58/c1-7-25-59(26-8-1)65-37-23-39-67(45-65)75-53-77(73-49-69(61-29-11-3-12-30-61)47-70(50-73)62-31-13-4-14-32-62)57-79(55-75)85(83-43-21-19-41-81(83)82-42-20-22-44-84(82)85)80-56-76(68-40-24-38-66(46-68)60-27-9-2-10-28-60)54-78(58-80)74-51-71(63-33-15-5-16-34-63)48-72(52-74)64-35-17-6-18-36-64/h1-58H. The van der Waals surface area contributed by atoms with Crippen molar-refractivity contribution in [3.05, 3.63) is 374 Å². The molecular formula is C85H58. The Morgan fingerprint density at radius 2 is 0.306 bits per heavy atom. The second-order valence-electron chi connectivity index (χ2n) is 22.4. The molecule has 0 spiro atoms. The van der Waals surface area contributed by atoms with Crippen LogP contribution in [0.15, 0.2) is 352 Å². The molecule has 0 heterocycles. The molecule has 1 aliphatic carbocycles. The van der Waals surface area contributed by atoms with Crippen LogP contribution < -0.4 is 0 Å². The lowest BCUT2D eigenvalue weighted by Gasteiger charge is -2.35. The van der Waals surface area contributed by atoms with E-state index in [1.807, 2.05) is 0 Å². The second kappa shape index (κ2) is 22.1. The zero-order valence-electron chi connectivity index (χ0n) is 47.0. The monoisotopic (exact) mass is 1080 g/mol. The molecule has 0 aromatic heterocycles. The Bertz CT molecular complexity index is 4290. The van der Waals surface area contributed by atoms with Crippen LogP contribution in [0.4, 0.5) is 0 Å². The highest BCUT2D eigenvalue weighted by Gasteiger charge is 2.47. The molecule has 0 heteroatoms. The van der Waals surface area contributed by atoms with Crippen LogP contribution in [0.1, 0.15) is 22.3 Å². The van der Waals surface area contributed by atoms with Gasteiger partial charge >= 0.3 is 0 Å². The number of hydrogen-bond acceptors (Lipinski definition) is 0. The summed E-state index contributed by atoms with van der Waals surface area (Å²) < 4.78 is 0. The highest BCUT2D eigenvalue weighted by molar-refractivity contribution is 5.92. The van der Waals surface area contributed by atoms with E-state index in [0.29, 0.717) is 0 Å². The Morgan fingerprint density at radius 3 is 0.588 bits per heavy atom. The fourth-order valence-electron chi connectivity index (χ4n) is 13.2. The van der Waals surface area contributed by atoms with E-state index in [1.54, 1.807) is 0 Å². The molecule has 0 saturated heterocycles. The van der Waals surface area contributed by atoms with E-state index in [-0.39, 0.29) is 0 Å². The predicted octanol–water partition coefficient (Wildman–Crippen LogP) is 22.7. The molecule has 0 bridgehead atoms. The Hall–Kier alpha value is -10.9. The first kappa shape index (κ1) is 51.0. The van der Waals surface area contributed by atoms with Gasteiger partial charge in [0.2, 0.25) is 0 Å². The summed E-state index contributed by atoms with van der Waals surface area (Å²) >= 11 is 0. The summed E-state index contributed by atoms with van der Waals surface area (Å²) in [5.41, 5.74) is 29.9. The maximum Gasteiger partial charge on any atom is 0.0714 e. The molecule has 0 fully saturated rings. The van der Waals surface area contributed by atoms with Crippen LogP contribution in [0.2, 0.25) is 0 Å². The summed E-state index contributed by atoms with van der Waals surface area (Å²) in [6.45, 7) is 0. The average molecular weight is 1080 g/mol. The summed E-state index contributed by atoms with van der Waals surface area (Å²) in [6.07, 6.45) is 0. The van der Waals surface area contributed by atoms with Crippen molar-refractivity contribution in [1.82, 2.24) is 0 Å². The average Bonchev–Trinajstić information content (AvgIpc) is 1.64. The van der Waals surface area contributed by atoms with Crippen molar-refractivity contribution >= 4 is 0 Å². The zero-order chi connectivity index (χ0) is 56.5. The van der Waals surface area contributed by atoms with Crippen molar-refractivity contribution in [2.24, 2.45) is 0 Å². The van der Waals surface area contributed by atoms with Crippen LogP contribution in [-0.2, 0) is 5.41 Å². The van der Waals surface area contributed by atoms with Gasteiger partial charge in [0.15, 0.2) is 0 Å². The van der Waals surface area contributed by atoms with Gasteiger partial charge < -0.3 is 0 Å². The third-order valence-electron chi connectivity index (χ3n) is 17.3. The van der Waals surface area contributed by atoms with Crippen LogP contribution in [0.3, 0.4) is 0 Å². The molecule has 0 saturated carbocycles. The van der Waals surface area contributed by atoms with Crippen LogP contribution in [0, 0.1) is 0 Å². The fraction of sp³-hybridized carbons (Fsp3) is 0.0118. The number of fused-ring (bicyclic) bond motifs is 3. The van der Waals surface area contributed by atoms with Crippen molar-refractivity contribution in [3.63, 3.8) is 0 Å². The summed E-state index contributed by atoms with van der Waals surface area (Å²) in [4.78, 5) is 0. The van der Waals surface area contributed by atoms with E-state index in [4.69, 9.17) is 0 Å². The van der Waals surface area contributed by atoms with E-state index in [2.05, 4.69) is 352 Å². The van der Waals surface area contributed by atoms with E-state index < -0.39 is 5.41 Å². The first-order valence-electron chi connectivity index (χ1n) is 29.4. The van der Waals surface area contributed by atoms with Crippen LogP contribution >= 0.6 is 0 Å². The molecule has 15 rings (SSSR count). The molecule has 14 aromatic rings. The fourth-order valence-corrected chi connectivity index (χ4v) is 13.2. The minimum Gasteiger partial charge on any atom is -0.0622 e. The Kier molecular flexibility index (Phi) is 13.3. The lowest BCUT2D eigenvalue weighted by molar-refractivity contribution is 0.770.